The Morgan fingerprint density at radius 2 is 1.90 bits per heavy atom. The molecule has 3 nitrogen and oxygen atoms in total. The zero-order valence-corrected chi connectivity index (χ0v) is 13.6. The normalized spacial score (nSPS) is 16.1. The van der Waals surface area contributed by atoms with E-state index in [0.717, 1.165) is 17.3 Å². The molecule has 0 unspecified atom stereocenters. The van der Waals surface area contributed by atoms with Crippen molar-refractivity contribution in [2.24, 2.45) is 0 Å². The van der Waals surface area contributed by atoms with Gasteiger partial charge in [0.15, 0.2) is 0 Å². The number of imidazole rings is 1. The summed E-state index contributed by atoms with van der Waals surface area (Å²) in [7, 11) is 0. The first-order valence-corrected chi connectivity index (χ1v) is 8.17. The van der Waals surface area contributed by atoms with Crippen molar-refractivity contribution in [3.63, 3.8) is 0 Å². The van der Waals surface area contributed by atoms with E-state index in [2.05, 4.69) is 10.3 Å². The van der Waals surface area contributed by atoms with Crippen molar-refractivity contribution < 1.29 is 0 Å². The molecule has 0 atom stereocenters. The van der Waals surface area contributed by atoms with Crippen LogP contribution in [0.3, 0.4) is 0 Å². The lowest BCUT2D eigenvalue weighted by atomic mass is 9.96. The number of nitrogens with one attached hydrogen (secondary N) is 1. The fraction of sp³-hybridized carbons (Fsp3) is 0.438. The molecule has 1 saturated carbocycles. The summed E-state index contributed by atoms with van der Waals surface area (Å²) >= 11 is 12.1. The van der Waals surface area contributed by atoms with Crippen LogP contribution >= 0.6 is 23.2 Å². The van der Waals surface area contributed by atoms with Crippen LogP contribution in [0.5, 0.6) is 0 Å². The van der Waals surface area contributed by atoms with Gasteiger partial charge < -0.3 is 5.32 Å². The molecule has 1 heterocycles. The second kappa shape index (κ2) is 6.29. The lowest BCUT2D eigenvalue weighted by Crippen LogP contribution is -2.24. The summed E-state index contributed by atoms with van der Waals surface area (Å²) in [5.41, 5.74) is 1.96. The van der Waals surface area contributed by atoms with Gasteiger partial charge in [0, 0.05) is 12.2 Å². The maximum Gasteiger partial charge on any atom is 0.207 e. The molecule has 3 rings (SSSR count). The predicted octanol–water partition coefficient (Wildman–Crippen LogP) is 5.23. The van der Waals surface area contributed by atoms with Crippen molar-refractivity contribution in [3.8, 4) is 5.69 Å². The standard InChI is InChI=1S/C16H19Cl2N3/c1-11-10-21(13-7-8-14(17)15(18)9-13)16(19-11)20-12-5-3-2-4-6-12/h7-10,12H,2-6H2,1H3,(H,19,20). The molecule has 112 valence electrons. The van der Waals surface area contributed by atoms with E-state index in [9.17, 15) is 0 Å². The van der Waals surface area contributed by atoms with Gasteiger partial charge in [0.1, 0.15) is 0 Å². The highest BCUT2D eigenvalue weighted by Crippen LogP contribution is 2.27. The van der Waals surface area contributed by atoms with Crippen molar-refractivity contribution in [1.29, 1.82) is 0 Å². The average Bonchev–Trinajstić information content (AvgIpc) is 2.84. The zero-order chi connectivity index (χ0) is 14.8. The summed E-state index contributed by atoms with van der Waals surface area (Å²) in [6.07, 6.45) is 8.39. The lowest BCUT2D eigenvalue weighted by molar-refractivity contribution is 0.460. The van der Waals surface area contributed by atoms with E-state index in [1.807, 2.05) is 35.9 Å². The van der Waals surface area contributed by atoms with Gasteiger partial charge in [0.25, 0.3) is 0 Å². The van der Waals surface area contributed by atoms with Gasteiger partial charge in [-0.2, -0.15) is 0 Å². The van der Waals surface area contributed by atoms with E-state index in [1.54, 1.807) is 0 Å². The Bertz CT molecular complexity index is 630. The third-order valence-corrected chi connectivity index (χ3v) is 4.69. The minimum absolute atomic E-state index is 0.516. The summed E-state index contributed by atoms with van der Waals surface area (Å²) in [5, 5.41) is 4.71. The molecule has 1 fully saturated rings. The molecule has 0 bridgehead atoms. The highest BCUT2D eigenvalue weighted by molar-refractivity contribution is 6.42. The molecular formula is C16H19Cl2N3. The molecule has 0 radical (unpaired) electrons. The summed E-state index contributed by atoms with van der Waals surface area (Å²) in [5.74, 6) is 0.887. The highest BCUT2D eigenvalue weighted by atomic mass is 35.5. The fourth-order valence-corrected chi connectivity index (χ4v) is 3.15. The first-order chi connectivity index (χ1) is 10.1. The quantitative estimate of drug-likeness (QED) is 0.837. The van der Waals surface area contributed by atoms with E-state index < -0.39 is 0 Å². The van der Waals surface area contributed by atoms with Crippen LogP contribution in [0.2, 0.25) is 10.0 Å². The van der Waals surface area contributed by atoms with Crippen molar-refractivity contribution >= 4 is 29.2 Å². The molecular weight excluding hydrogens is 305 g/mol. The topological polar surface area (TPSA) is 29.9 Å². The number of aromatic nitrogens is 2. The zero-order valence-electron chi connectivity index (χ0n) is 12.1. The number of halogens is 2. The molecule has 0 amide bonds. The number of anilines is 1. The molecule has 0 spiro atoms. The molecule has 0 aliphatic heterocycles. The minimum atomic E-state index is 0.516. The van der Waals surface area contributed by atoms with Crippen LogP contribution in [0.15, 0.2) is 24.4 Å². The van der Waals surface area contributed by atoms with Crippen LogP contribution in [0, 0.1) is 6.92 Å². The number of benzene rings is 1. The van der Waals surface area contributed by atoms with E-state index in [0.29, 0.717) is 16.1 Å². The van der Waals surface area contributed by atoms with Gasteiger partial charge >= 0.3 is 0 Å². The van der Waals surface area contributed by atoms with Crippen molar-refractivity contribution in [2.45, 2.75) is 45.1 Å². The first-order valence-electron chi connectivity index (χ1n) is 7.41. The van der Waals surface area contributed by atoms with Gasteiger partial charge in [-0.25, -0.2) is 4.98 Å². The Morgan fingerprint density at radius 3 is 2.62 bits per heavy atom. The monoisotopic (exact) mass is 323 g/mol. The molecule has 1 N–H and O–H groups in total. The van der Waals surface area contributed by atoms with Crippen LogP contribution in [-0.2, 0) is 0 Å². The van der Waals surface area contributed by atoms with Crippen molar-refractivity contribution in [1.82, 2.24) is 9.55 Å². The lowest BCUT2D eigenvalue weighted by Gasteiger charge is -2.23. The second-order valence-corrected chi connectivity index (χ2v) is 6.47. The Kier molecular flexibility index (Phi) is 4.41. The van der Waals surface area contributed by atoms with Gasteiger partial charge in [-0.05, 0) is 38.0 Å². The molecule has 2 aromatic rings. The van der Waals surface area contributed by atoms with Crippen LogP contribution in [0.1, 0.15) is 37.8 Å². The summed E-state index contributed by atoms with van der Waals surface area (Å²) in [6.45, 7) is 2.00. The van der Waals surface area contributed by atoms with Crippen molar-refractivity contribution in [3.05, 3.63) is 40.1 Å². The number of nitrogens with zero attached hydrogens (tertiary/aromatic N) is 2. The predicted molar refractivity (Wildman–Crippen MR) is 88.8 cm³/mol. The van der Waals surface area contributed by atoms with Gasteiger partial charge in [0.05, 0.1) is 21.4 Å². The Labute approximate surface area is 135 Å². The average molecular weight is 324 g/mol. The number of rotatable bonds is 3. The van der Waals surface area contributed by atoms with Crippen LogP contribution in [0.4, 0.5) is 5.95 Å². The van der Waals surface area contributed by atoms with Gasteiger partial charge in [-0.1, -0.05) is 42.5 Å². The van der Waals surface area contributed by atoms with E-state index in [-0.39, 0.29) is 0 Å². The summed E-state index contributed by atoms with van der Waals surface area (Å²) < 4.78 is 2.05. The summed E-state index contributed by atoms with van der Waals surface area (Å²) in [6, 6.07) is 6.17. The summed E-state index contributed by atoms with van der Waals surface area (Å²) in [4.78, 5) is 4.61. The van der Waals surface area contributed by atoms with Crippen molar-refractivity contribution in [2.75, 3.05) is 5.32 Å². The van der Waals surface area contributed by atoms with Crippen LogP contribution in [0.25, 0.3) is 5.69 Å². The Hall–Kier alpha value is -1.19. The van der Waals surface area contributed by atoms with Crippen LogP contribution in [-0.4, -0.2) is 15.6 Å². The smallest absolute Gasteiger partial charge is 0.207 e. The minimum Gasteiger partial charge on any atom is -0.353 e. The van der Waals surface area contributed by atoms with Gasteiger partial charge in [0.2, 0.25) is 5.95 Å². The molecule has 0 saturated heterocycles. The second-order valence-electron chi connectivity index (χ2n) is 5.65. The van der Waals surface area contributed by atoms with Crippen LogP contribution < -0.4 is 5.32 Å². The van der Waals surface area contributed by atoms with E-state index in [4.69, 9.17) is 23.2 Å². The van der Waals surface area contributed by atoms with E-state index in [1.165, 1.54) is 32.1 Å². The van der Waals surface area contributed by atoms with E-state index >= 15 is 0 Å². The SMILES string of the molecule is Cc1cn(-c2ccc(Cl)c(Cl)c2)c(NC2CCCCC2)n1. The molecule has 1 aromatic heterocycles. The van der Waals surface area contributed by atoms with Gasteiger partial charge in [-0.15, -0.1) is 0 Å². The third kappa shape index (κ3) is 3.35. The number of aryl methyl sites for hydroxylation is 1. The third-order valence-electron chi connectivity index (χ3n) is 3.95. The fourth-order valence-electron chi connectivity index (χ4n) is 2.86. The number of hydrogen-bond acceptors (Lipinski definition) is 2. The largest absolute Gasteiger partial charge is 0.353 e. The maximum absolute atomic E-state index is 6.13. The molecule has 21 heavy (non-hydrogen) atoms. The molecule has 1 aliphatic rings. The maximum atomic E-state index is 6.13. The number of hydrogen-bond donors (Lipinski definition) is 1. The van der Waals surface area contributed by atoms with Gasteiger partial charge in [-0.3, -0.25) is 4.57 Å². The Morgan fingerprint density at radius 1 is 1.14 bits per heavy atom. The highest BCUT2D eigenvalue weighted by Gasteiger charge is 2.16. The molecule has 1 aromatic carbocycles. The Balaban J connectivity index is 1.89. The molecule has 5 heteroatoms. The first kappa shape index (κ1) is 14.7. The molecule has 1 aliphatic carbocycles.